The third-order valence-corrected chi connectivity index (χ3v) is 3.06. The first-order chi connectivity index (χ1) is 11.1. The van der Waals surface area contributed by atoms with Crippen molar-refractivity contribution in [3.63, 3.8) is 0 Å². The predicted molar refractivity (Wildman–Crippen MR) is 75.4 cm³/mol. The zero-order valence-corrected chi connectivity index (χ0v) is 12.2. The largest absolute Gasteiger partial charge is 0.506 e. The van der Waals surface area contributed by atoms with Crippen LogP contribution >= 0.6 is 0 Å². The lowest BCUT2D eigenvalue weighted by Gasteiger charge is -2.11. The van der Waals surface area contributed by atoms with Crippen LogP contribution in [-0.2, 0) is 17.5 Å². The second-order valence-electron chi connectivity index (χ2n) is 4.81. The normalized spacial score (nSPS) is 11.3. The lowest BCUT2D eigenvalue weighted by Crippen LogP contribution is -2.19. The molecule has 0 radical (unpaired) electrons. The van der Waals surface area contributed by atoms with E-state index in [0.717, 1.165) is 16.8 Å². The molecule has 0 aliphatic carbocycles. The van der Waals surface area contributed by atoms with Crippen LogP contribution in [0.25, 0.3) is 0 Å². The summed E-state index contributed by atoms with van der Waals surface area (Å²) in [4.78, 5) is 25.4. The van der Waals surface area contributed by atoms with E-state index in [4.69, 9.17) is 0 Å². The van der Waals surface area contributed by atoms with E-state index in [2.05, 4.69) is 10.3 Å². The van der Waals surface area contributed by atoms with E-state index < -0.39 is 46.4 Å². The van der Waals surface area contributed by atoms with Crippen LogP contribution in [0.3, 0.4) is 0 Å². The summed E-state index contributed by atoms with van der Waals surface area (Å²) in [5.41, 5.74) is -1.45. The van der Waals surface area contributed by atoms with E-state index in [1.807, 2.05) is 0 Å². The molecule has 0 bridgehead atoms. The first-order valence-corrected chi connectivity index (χ1v) is 6.46. The molecule has 0 aliphatic heterocycles. The van der Waals surface area contributed by atoms with Crippen molar-refractivity contribution in [2.75, 3.05) is 5.32 Å². The quantitative estimate of drug-likeness (QED) is 0.503. The highest BCUT2D eigenvalue weighted by Gasteiger charge is 2.31. The van der Waals surface area contributed by atoms with Crippen LogP contribution in [-0.4, -0.2) is 25.5 Å². The van der Waals surface area contributed by atoms with E-state index >= 15 is 0 Å². The van der Waals surface area contributed by atoms with Gasteiger partial charge in [0.05, 0.1) is 11.3 Å². The highest BCUT2D eigenvalue weighted by atomic mass is 19.4. The molecule has 1 aromatic heterocycles. The maximum Gasteiger partial charge on any atom is 0.416 e. The number of benzene rings is 1. The number of imidazole rings is 1. The fourth-order valence-electron chi connectivity index (χ4n) is 1.90. The summed E-state index contributed by atoms with van der Waals surface area (Å²) in [6.45, 7) is 1.02. The standard InChI is InChI=1S/C13H11F3N4O4/c1-7-17-11(20(23)24)5-19(7)6-12(22)18-9-4-8(13(14,15)16)2-3-10(9)21/h2-5,21H,6H2,1H3,(H,18,22). The van der Waals surface area contributed by atoms with Crippen LogP contribution in [0.1, 0.15) is 11.4 Å². The number of aromatic nitrogens is 2. The number of amides is 1. The monoisotopic (exact) mass is 344 g/mol. The van der Waals surface area contributed by atoms with Crippen molar-refractivity contribution in [2.45, 2.75) is 19.6 Å². The molecule has 24 heavy (non-hydrogen) atoms. The Balaban J connectivity index is 2.17. The molecule has 2 N–H and O–H groups in total. The molecular weight excluding hydrogens is 333 g/mol. The number of nitro groups is 1. The second-order valence-corrected chi connectivity index (χ2v) is 4.81. The van der Waals surface area contributed by atoms with Gasteiger partial charge in [0.25, 0.3) is 0 Å². The first-order valence-electron chi connectivity index (χ1n) is 6.46. The predicted octanol–water partition coefficient (Wildman–Crippen LogP) is 2.46. The van der Waals surface area contributed by atoms with Gasteiger partial charge in [-0.15, -0.1) is 0 Å². The van der Waals surface area contributed by atoms with Gasteiger partial charge in [0.1, 0.15) is 18.5 Å². The molecule has 1 heterocycles. The van der Waals surface area contributed by atoms with Gasteiger partial charge in [0.2, 0.25) is 11.7 Å². The van der Waals surface area contributed by atoms with Gasteiger partial charge < -0.3 is 20.5 Å². The van der Waals surface area contributed by atoms with Gasteiger partial charge in [0, 0.05) is 6.92 Å². The number of aryl methyl sites for hydroxylation is 1. The van der Waals surface area contributed by atoms with Gasteiger partial charge in [-0.3, -0.25) is 9.36 Å². The number of halogens is 3. The summed E-state index contributed by atoms with van der Waals surface area (Å²) >= 11 is 0. The van der Waals surface area contributed by atoms with Gasteiger partial charge >= 0.3 is 12.0 Å². The number of carbonyl (C=O) groups excluding carboxylic acids is 1. The van der Waals surface area contributed by atoms with Crippen molar-refractivity contribution in [3.8, 4) is 5.75 Å². The molecule has 0 unspecified atom stereocenters. The Morgan fingerprint density at radius 1 is 1.46 bits per heavy atom. The van der Waals surface area contributed by atoms with Crippen molar-refractivity contribution in [2.24, 2.45) is 0 Å². The van der Waals surface area contributed by atoms with Crippen LogP contribution < -0.4 is 5.32 Å². The number of nitrogens with zero attached hydrogens (tertiary/aromatic N) is 3. The number of hydrogen-bond acceptors (Lipinski definition) is 5. The Morgan fingerprint density at radius 2 is 2.12 bits per heavy atom. The van der Waals surface area contributed by atoms with Gasteiger partial charge in [-0.1, -0.05) is 0 Å². The molecule has 128 valence electrons. The Morgan fingerprint density at radius 3 is 2.67 bits per heavy atom. The first kappa shape index (κ1) is 17.2. The van der Waals surface area contributed by atoms with Crippen molar-refractivity contribution in [1.29, 1.82) is 0 Å². The Bertz CT molecular complexity index is 801. The number of hydrogen-bond donors (Lipinski definition) is 2. The lowest BCUT2D eigenvalue weighted by atomic mass is 10.2. The number of carbonyl (C=O) groups is 1. The van der Waals surface area contributed by atoms with E-state index in [9.17, 15) is 33.2 Å². The van der Waals surface area contributed by atoms with Gasteiger partial charge in [-0.25, -0.2) is 0 Å². The number of nitrogens with one attached hydrogen (secondary N) is 1. The summed E-state index contributed by atoms with van der Waals surface area (Å²) < 4.78 is 39.1. The summed E-state index contributed by atoms with van der Waals surface area (Å²) in [6.07, 6.45) is -3.60. The molecule has 0 atom stereocenters. The second kappa shape index (κ2) is 6.18. The van der Waals surface area contributed by atoms with Crippen LogP contribution in [0.5, 0.6) is 5.75 Å². The molecule has 8 nitrogen and oxygen atoms in total. The minimum atomic E-state index is -4.63. The molecule has 0 spiro atoms. The summed E-state index contributed by atoms with van der Waals surface area (Å²) in [5.74, 6) is -1.59. The molecule has 0 saturated heterocycles. The number of alkyl halides is 3. The summed E-state index contributed by atoms with van der Waals surface area (Å²) in [6, 6.07) is 2.08. The van der Waals surface area contributed by atoms with E-state index in [0.29, 0.717) is 12.1 Å². The maximum atomic E-state index is 12.6. The molecular formula is C13H11F3N4O4. The average Bonchev–Trinajstić information content (AvgIpc) is 2.81. The number of aromatic hydroxyl groups is 1. The third-order valence-electron chi connectivity index (χ3n) is 3.06. The fraction of sp³-hybridized carbons (Fsp3) is 0.231. The highest BCUT2D eigenvalue weighted by molar-refractivity contribution is 5.92. The smallest absolute Gasteiger partial charge is 0.416 e. The lowest BCUT2D eigenvalue weighted by molar-refractivity contribution is -0.389. The van der Waals surface area contributed by atoms with E-state index in [1.165, 1.54) is 6.92 Å². The Labute approximate surface area is 132 Å². The molecule has 11 heteroatoms. The average molecular weight is 344 g/mol. The molecule has 2 aromatic rings. The minimum Gasteiger partial charge on any atom is -0.506 e. The maximum absolute atomic E-state index is 12.6. The minimum absolute atomic E-state index is 0.185. The number of phenols is 1. The zero-order chi connectivity index (χ0) is 18.1. The Hall–Kier alpha value is -3.11. The van der Waals surface area contributed by atoms with Crippen LogP contribution in [0.2, 0.25) is 0 Å². The van der Waals surface area contributed by atoms with Crippen molar-refractivity contribution in [3.05, 3.63) is 45.9 Å². The van der Waals surface area contributed by atoms with Crippen LogP contribution in [0.15, 0.2) is 24.4 Å². The van der Waals surface area contributed by atoms with Crippen molar-refractivity contribution in [1.82, 2.24) is 9.55 Å². The third kappa shape index (κ3) is 3.80. The summed E-state index contributed by atoms with van der Waals surface area (Å²) in [7, 11) is 0. The van der Waals surface area contributed by atoms with Gasteiger partial charge in [-0.2, -0.15) is 13.2 Å². The molecule has 1 amide bonds. The zero-order valence-electron chi connectivity index (χ0n) is 12.2. The van der Waals surface area contributed by atoms with Crippen molar-refractivity contribution < 1.29 is 28.0 Å². The van der Waals surface area contributed by atoms with Crippen molar-refractivity contribution >= 4 is 17.4 Å². The number of rotatable bonds is 4. The van der Waals surface area contributed by atoms with Gasteiger partial charge in [-0.05, 0) is 28.1 Å². The molecule has 1 aromatic carbocycles. The van der Waals surface area contributed by atoms with E-state index in [1.54, 1.807) is 0 Å². The summed E-state index contributed by atoms with van der Waals surface area (Å²) in [5, 5.41) is 22.3. The number of phenolic OH excluding ortho intramolecular Hbond substituents is 1. The highest BCUT2D eigenvalue weighted by Crippen LogP contribution is 2.34. The van der Waals surface area contributed by atoms with E-state index in [-0.39, 0.29) is 5.82 Å². The topological polar surface area (TPSA) is 110 Å². The van der Waals surface area contributed by atoms with Gasteiger partial charge in [0.15, 0.2) is 0 Å². The molecule has 2 rings (SSSR count). The van der Waals surface area contributed by atoms with Crippen LogP contribution in [0.4, 0.5) is 24.7 Å². The number of anilines is 1. The SMILES string of the molecule is Cc1nc([N+](=O)[O-])cn1CC(=O)Nc1cc(C(F)(F)F)ccc1O. The molecule has 0 fully saturated rings. The molecule has 0 aliphatic rings. The Kier molecular flexibility index (Phi) is 4.44. The molecule has 0 saturated carbocycles. The van der Waals surface area contributed by atoms with Crippen LogP contribution in [0, 0.1) is 17.0 Å². The fourth-order valence-corrected chi connectivity index (χ4v) is 1.90.